The standard InChI is InChI=1S/C39H46BF3N6O7/c1-7-30(40-55-29-17-23-16-28(36(23,2)3)38(29,5)56-40)47-31(50)27-18-37(4,48-35(53)46-25-14-9-8-13-24(25)33(52)54-6)34-45-20-26(32(51)49(27)34)44-19-21-11-10-12-22(15-21)39(41,42)43/h8-15,20,23,27-30,44H,7,16-19H2,1-6H3,(H,47,50)(H2,46,48,53)/t23-,27-,28-,29+,30-,37+,38-/m0/s1. The summed E-state index contributed by atoms with van der Waals surface area (Å²) >= 11 is 0. The topological polar surface area (TPSA) is 162 Å². The first-order valence-corrected chi connectivity index (χ1v) is 18.8. The third-order valence-electron chi connectivity index (χ3n) is 12.5. The molecule has 3 aliphatic carbocycles. The fourth-order valence-electron chi connectivity index (χ4n) is 9.23. The van der Waals surface area contributed by atoms with Gasteiger partial charge in [-0.15, -0.1) is 0 Å². The molecule has 5 aliphatic rings. The van der Waals surface area contributed by atoms with Crippen LogP contribution in [0.4, 0.5) is 29.3 Å². The van der Waals surface area contributed by atoms with Gasteiger partial charge in [0.25, 0.3) is 5.56 Å². The minimum absolute atomic E-state index is 0.0576. The number of amides is 3. The van der Waals surface area contributed by atoms with Gasteiger partial charge in [-0.1, -0.05) is 45.0 Å². The Kier molecular flexibility index (Phi) is 10.0. The molecule has 17 heteroatoms. The van der Waals surface area contributed by atoms with E-state index in [9.17, 15) is 32.3 Å². The van der Waals surface area contributed by atoms with Crippen molar-refractivity contribution in [2.75, 3.05) is 17.7 Å². The second-order valence-corrected chi connectivity index (χ2v) is 16.3. The minimum Gasteiger partial charge on any atom is -0.465 e. The van der Waals surface area contributed by atoms with Gasteiger partial charge in [0.2, 0.25) is 5.91 Å². The number of ether oxygens (including phenoxy) is 1. The molecule has 56 heavy (non-hydrogen) atoms. The summed E-state index contributed by atoms with van der Waals surface area (Å²) in [5.41, 5.74) is -2.77. The van der Waals surface area contributed by atoms with Crippen molar-refractivity contribution >= 4 is 36.4 Å². The van der Waals surface area contributed by atoms with Gasteiger partial charge in [-0.2, -0.15) is 13.2 Å². The van der Waals surface area contributed by atoms with Crippen LogP contribution in [0.5, 0.6) is 0 Å². The molecule has 0 radical (unpaired) electrons. The summed E-state index contributed by atoms with van der Waals surface area (Å²) in [7, 11) is 0.493. The summed E-state index contributed by atoms with van der Waals surface area (Å²) in [5.74, 6) is -0.852. The normalized spacial score (nSPS) is 27.6. The number of carbonyl (C=O) groups is 3. The highest BCUT2D eigenvalue weighted by Crippen LogP contribution is 2.65. The lowest BCUT2D eigenvalue weighted by Gasteiger charge is -2.64. The second-order valence-electron chi connectivity index (χ2n) is 16.3. The zero-order valence-corrected chi connectivity index (χ0v) is 32.1. The molecular formula is C39H46BF3N6O7. The smallest absolute Gasteiger partial charge is 0.465 e. The first kappa shape index (κ1) is 39.3. The van der Waals surface area contributed by atoms with E-state index < -0.39 is 65.4 Å². The summed E-state index contributed by atoms with van der Waals surface area (Å²) in [6, 6.07) is 9.06. The third-order valence-corrected chi connectivity index (χ3v) is 12.5. The molecule has 13 nitrogen and oxygen atoms in total. The summed E-state index contributed by atoms with van der Waals surface area (Å²) in [6.07, 6.45) is -1.14. The van der Waals surface area contributed by atoms with Crippen molar-refractivity contribution in [2.45, 2.75) is 102 Å². The first-order valence-electron chi connectivity index (χ1n) is 18.8. The highest BCUT2D eigenvalue weighted by Gasteiger charge is 2.68. The molecule has 3 heterocycles. The van der Waals surface area contributed by atoms with Gasteiger partial charge < -0.3 is 35.3 Å². The van der Waals surface area contributed by atoms with E-state index >= 15 is 0 Å². The van der Waals surface area contributed by atoms with Gasteiger partial charge in [0.05, 0.1) is 53.3 Å². The molecule has 0 spiro atoms. The van der Waals surface area contributed by atoms with E-state index in [1.165, 1.54) is 42.1 Å². The maximum absolute atomic E-state index is 14.4. The van der Waals surface area contributed by atoms with Crippen molar-refractivity contribution in [3.05, 3.63) is 87.6 Å². The van der Waals surface area contributed by atoms with Crippen molar-refractivity contribution in [1.82, 2.24) is 20.2 Å². The number of methoxy groups -OCH3 is 1. The number of nitrogens with one attached hydrogen (secondary N) is 4. The van der Waals surface area contributed by atoms with Gasteiger partial charge in [0.15, 0.2) is 0 Å². The number of halogens is 3. The Bertz CT molecular complexity index is 2120. The van der Waals surface area contributed by atoms with Crippen LogP contribution < -0.4 is 26.8 Å². The molecule has 2 bridgehead atoms. The maximum atomic E-state index is 14.4. The van der Waals surface area contributed by atoms with Gasteiger partial charge in [-0.05, 0) is 80.2 Å². The lowest BCUT2D eigenvalue weighted by molar-refractivity contribution is -0.199. The summed E-state index contributed by atoms with van der Waals surface area (Å²) in [5, 5.41) is 11.5. The second kappa shape index (κ2) is 14.2. The quantitative estimate of drug-likeness (QED) is 0.147. The molecule has 4 N–H and O–H groups in total. The number of hydrogen-bond acceptors (Lipinski definition) is 9. The maximum Gasteiger partial charge on any atom is 0.481 e. The van der Waals surface area contributed by atoms with Gasteiger partial charge in [0, 0.05) is 13.0 Å². The fourth-order valence-corrected chi connectivity index (χ4v) is 9.23. The molecule has 1 aromatic heterocycles. The number of hydrogen-bond donors (Lipinski definition) is 4. The summed E-state index contributed by atoms with van der Waals surface area (Å²) in [4.78, 5) is 59.1. The molecule has 1 saturated heterocycles. The number of carbonyl (C=O) groups excluding carboxylic acids is 3. The van der Waals surface area contributed by atoms with Gasteiger partial charge in [-0.3, -0.25) is 14.2 Å². The molecule has 298 valence electrons. The Hall–Kier alpha value is -4.90. The largest absolute Gasteiger partial charge is 0.481 e. The highest BCUT2D eigenvalue weighted by molar-refractivity contribution is 6.47. The van der Waals surface area contributed by atoms with E-state index in [2.05, 4.69) is 47.0 Å². The van der Waals surface area contributed by atoms with Gasteiger partial charge >= 0.3 is 25.3 Å². The van der Waals surface area contributed by atoms with Gasteiger partial charge in [-0.25, -0.2) is 14.6 Å². The summed E-state index contributed by atoms with van der Waals surface area (Å²) < 4.78 is 59.4. The van der Waals surface area contributed by atoms with Crippen LogP contribution >= 0.6 is 0 Å². The number of aromatic nitrogens is 2. The van der Waals surface area contributed by atoms with E-state index in [-0.39, 0.29) is 52.8 Å². The number of nitrogens with zero attached hydrogens (tertiary/aromatic N) is 2. The number of urea groups is 1. The zero-order chi connectivity index (χ0) is 40.4. The van der Waals surface area contributed by atoms with Crippen LogP contribution in [0.15, 0.2) is 59.5 Å². The number of anilines is 2. The Morgan fingerprint density at radius 1 is 1.07 bits per heavy atom. The van der Waals surface area contributed by atoms with E-state index in [0.29, 0.717) is 18.3 Å². The molecule has 3 amide bonds. The van der Waals surface area contributed by atoms with Crippen LogP contribution in [0.25, 0.3) is 0 Å². The number of para-hydroxylation sites is 1. The predicted molar refractivity (Wildman–Crippen MR) is 201 cm³/mol. The van der Waals surface area contributed by atoms with Crippen molar-refractivity contribution in [3.8, 4) is 0 Å². The van der Waals surface area contributed by atoms with Crippen LogP contribution in [-0.4, -0.2) is 59.3 Å². The zero-order valence-electron chi connectivity index (χ0n) is 32.1. The van der Waals surface area contributed by atoms with E-state index in [0.717, 1.165) is 25.0 Å². The monoisotopic (exact) mass is 778 g/mol. The molecule has 4 fully saturated rings. The highest BCUT2D eigenvalue weighted by atomic mass is 19.4. The lowest BCUT2D eigenvalue weighted by atomic mass is 9.43. The average Bonchev–Trinajstić information content (AvgIpc) is 3.67. The number of esters is 1. The van der Waals surface area contributed by atoms with E-state index in [1.807, 2.05) is 6.92 Å². The van der Waals surface area contributed by atoms with Crippen molar-refractivity contribution in [3.63, 3.8) is 0 Å². The number of benzene rings is 2. The molecule has 7 atom stereocenters. The molecule has 8 rings (SSSR count). The lowest BCUT2D eigenvalue weighted by Crippen LogP contribution is -2.65. The number of fused-ring (bicyclic) bond motifs is 1. The van der Waals surface area contributed by atoms with Crippen molar-refractivity contribution < 1.29 is 41.6 Å². The summed E-state index contributed by atoms with van der Waals surface area (Å²) in [6.45, 7) is 10.0. The SMILES string of the molecule is CC[C@H](NC(=O)[C@@H]1C[C@@](C)(NC(=O)Nc2ccccc2C(=O)OC)c2ncc(NCc3cccc(C(F)(F)F)c3)c(=O)n21)B1O[C@@H]2C[C@@H]3C[C@@H](C3(C)C)[C@]2(C)O1. The number of rotatable bonds is 10. The van der Waals surface area contributed by atoms with Gasteiger partial charge in [0.1, 0.15) is 17.6 Å². The predicted octanol–water partition coefficient (Wildman–Crippen LogP) is 5.80. The first-order chi connectivity index (χ1) is 26.4. The van der Waals surface area contributed by atoms with Crippen LogP contribution in [0.1, 0.15) is 93.7 Å². The Balaban J connectivity index is 1.16. The molecule has 2 aromatic carbocycles. The van der Waals surface area contributed by atoms with Crippen LogP contribution in [0.3, 0.4) is 0 Å². The Morgan fingerprint density at radius 3 is 2.52 bits per heavy atom. The molecule has 3 aromatic rings. The van der Waals surface area contributed by atoms with E-state index in [1.54, 1.807) is 19.1 Å². The van der Waals surface area contributed by atoms with Crippen molar-refractivity contribution in [1.29, 1.82) is 0 Å². The number of alkyl halides is 3. The van der Waals surface area contributed by atoms with Crippen LogP contribution in [0, 0.1) is 17.3 Å². The van der Waals surface area contributed by atoms with E-state index in [4.69, 9.17) is 14.0 Å². The average molecular weight is 779 g/mol. The van der Waals surface area contributed by atoms with Crippen LogP contribution in [-0.2, 0) is 37.1 Å². The Morgan fingerprint density at radius 2 is 1.82 bits per heavy atom. The third kappa shape index (κ3) is 6.82. The van der Waals surface area contributed by atoms with Crippen LogP contribution in [0.2, 0.25) is 0 Å². The minimum atomic E-state index is -4.55. The molecular weight excluding hydrogens is 732 g/mol. The van der Waals surface area contributed by atoms with Crippen molar-refractivity contribution in [2.24, 2.45) is 17.3 Å². The fraction of sp³-hybridized carbons (Fsp3) is 0.513. The molecule has 3 saturated carbocycles. The molecule has 2 aliphatic heterocycles. The Labute approximate surface area is 322 Å². The molecule has 0 unspecified atom stereocenters.